The summed E-state index contributed by atoms with van der Waals surface area (Å²) >= 11 is 0. The van der Waals surface area contributed by atoms with Crippen molar-refractivity contribution in [3.05, 3.63) is 54.6 Å². The standard InChI is InChI=1S/C28H30FN5O3/c1-37-24-15-18-3-2-8-30-25(18)27(28(24)36)34-13-11-32(12-14-34)19-6-9-33(10-7-19)23-5-4-22(29)21-16-20(35)17-31-26(21)23/h2-5,8,15-17,19,35-36H,6-7,9-14H2,1H3. The third-order valence-corrected chi connectivity index (χ3v) is 7.74. The van der Waals surface area contributed by atoms with Crippen molar-refractivity contribution in [1.29, 1.82) is 0 Å². The summed E-state index contributed by atoms with van der Waals surface area (Å²) in [5.41, 5.74) is 3.03. The first-order valence-electron chi connectivity index (χ1n) is 12.7. The molecule has 4 heterocycles. The van der Waals surface area contributed by atoms with E-state index >= 15 is 0 Å². The van der Waals surface area contributed by atoms with Crippen LogP contribution in [0.1, 0.15) is 12.8 Å². The molecule has 4 aromatic rings. The Morgan fingerprint density at radius 2 is 1.70 bits per heavy atom. The van der Waals surface area contributed by atoms with Crippen LogP contribution in [0.3, 0.4) is 0 Å². The van der Waals surface area contributed by atoms with E-state index in [1.165, 1.54) is 18.3 Å². The van der Waals surface area contributed by atoms with Gasteiger partial charge in [-0.2, -0.15) is 0 Å². The van der Waals surface area contributed by atoms with E-state index in [0.29, 0.717) is 22.7 Å². The number of hydrogen-bond donors (Lipinski definition) is 2. The lowest BCUT2D eigenvalue weighted by Crippen LogP contribution is -2.53. The number of methoxy groups -OCH3 is 1. The minimum absolute atomic E-state index is 0.0348. The summed E-state index contributed by atoms with van der Waals surface area (Å²) in [6.45, 7) is 5.11. The Morgan fingerprint density at radius 1 is 0.919 bits per heavy atom. The smallest absolute Gasteiger partial charge is 0.183 e. The number of halogens is 1. The van der Waals surface area contributed by atoms with Gasteiger partial charge in [0.2, 0.25) is 0 Å². The summed E-state index contributed by atoms with van der Waals surface area (Å²) in [6, 6.07) is 10.9. The van der Waals surface area contributed by atoms with Crippen LogP contribution in [0.4, 0.5) is 15.8 Å². The molecule has 0 atom stereocenters. The number of aromatic nitrogens is 2. The first kappa shape index (κ1) is 23.5. The fraction of sp³-hybridized carbons (Fsp3) is 0.357. The van der Waals surface area contributed by atoms with E-state index in [9.17, 15) is 14.6 Å². The number of anilines is 2. The van der Waals surface area contributed by atoms with Crippen LogP contribution >= 0.6 is 0 Å². The molecule has 2 N–H and O–H groups in total. The van der Waals surface area contributed by atoms with Gasteiger partial charge in [-0.15, -0.1) is 0 Å². The minimum Gasteiger partial charge on any atom is -0.506 e. The average Bonchev–Trinajstić information content (AvgIpc) is 2.93. The molecule has 8 nitrogen and oxygen atoms in total. The van der Waals surface area contributed by atoms with Crippen LogP contribution in [0, 0.1) is 5.82 Å². The maximum absolute atomic E-state index is 14.3. The number of pyridine rings is 2. The summed E-state index contributed by atoms with van der Waals surface area (Å²) in [5.74, 6) is 0.194. The molecule has 0 unspecified atom stereocenters. The number of ether oxygens (including phenoxy) is 1. The van der Waals surface area contributed by atoms with E-state index < -0.39 is 0 Å². The molecule has 2 saturated heterocycles. The molecule has 0 amide bonds. The lowest BCUT2D eigenvalue weighted by Gasteiger charge is -2.44. The monoisotopic (exact) mass is 503 g/mol. The van der Waals surface area contributed by atoms with Crippen molar-refractivity contribution in [2.75, 3.05) is 56.2 Å². The third-order valence-electron chi connectivity index (χ3n) is 7.74. The largest absolute Gasteiger partial charge is 0.506 e. The number of fused-ring (bicyclic) bond motifs is 2. The normalized spacial score (nSPS) is 17.6. The highest BCUT2D eigenvalue weighted by molar-refractivity contribution is 5.96. The summed E-state index contributed by atoms with van der Waals surface area (Å²) < 4.78 is 19.7. The zero-order valence-electron chi connectivity index (χ0n) is 20.8. The molecular formula is C28H30FN5O3. The van der Waals surface area contributed by atoms with E-state index in [0.717, 1.165) is 74.4 Å². The average molecular weight is 504 g/mol. The summed E-state index contributed by atoms with van der Waals surface area (Å²) in [4.78, 5) is 15.9. The first-order chi connectivity index (χ1) is 18.0. The number of benzene rings is 2. The van der Waals surface area contributed by atoms with Gasteiger partial charge in [0.1, 0.15) is 17.3 Å². The Kier molecular flexibility index (Phi) is 6.08. The minimum atomic E-state index is -0.375. The van der Waals surface area contributed by atoms with Gasteiger partial charge < -0.3 is 24.7 Å². The number of aromatic hydroxyl groups is 2. The van der Waals surface area contributed by atoms with E-state index in [4.69, 9.17) is 4.74 Å². The van der Waals surface area contributed by atoms with Gasteiger partial charge in [0.25, 0.3) is 0 Å². The molecule has 2 aliphatic heterocycles. The quantitative estimate of drug-likeness (QED) is 0.430. The van der Waals surface area contributed by atoms with E-state index in [2.05, 4.69) is 24.7 Å². The van der Waals surface area contributed by atoms with Gasteiger partial charge in [-0.05, 0) is 43.2 Å². The Hall–Kier alpha value is -3.85. The van der Waals surface area contributed by atoms with E-state index in [-0.39, 0.29) is 17.3 Å². The molecular weight excluding hydrogens is 473 g/mol. The van der Waals surface area contributed by atoms with Crippen molar-refractivity contribution in [2.24, 2.45) is 0 Å². The van der Waals surface area contributed by atoms with Crippen molar-refractivity contribution in [3.8, 4) is 17.2 Å². The highest BCUT2D eigenvalue weighted by atomic mass is 19.1. The molecule has 2 aromatic carbocycles. The fourth-order valence-corrected chi connectivity index (χ4v) is 5.82. The maximum atomic E-state index is 14.3. The molecule has 0 bridgehead atoms. The molecule has 9 heteroatoms. The van der Waals surface area contributed by atoms with Gasteiger partial charge in [0.05, 0.1) is 30.0 Å². The van der Waals surface area contributed by atoms with Crippen molar-refractivity contribution in [3.63, 3.8) is 0 Å². The molecule has 2 aromatic heterocycles. The van der Waals surface area contributed by atoms with Crippen LogP contribution in [0.15, 0.2) is 48.8 Å². The molecule has 192 valence electrons. The van der Waals surface area contributed by atoms with Crippen LogP contribution in [-0.2, 0) is 0 Å². The molecule has 37 heavy (non-hydrogen) atoms. The predicted molar refractivity (Wildman–Crippen MR) is 142 cm³/mol. The van der Waals surface area contributed by atoms with E-state index in [1.54, 1.807) is 19.4 Å². The lowest BCUT2D eigenvalue weighted by molar-refractivity contribution is 0.160. The van der Waals surface area contributed by atoms with Crippen LogP contribution in [0.5, 0.6) is 17.2 Å². The number of hydrogen-bond acceptors (Lipinski definition) is 8. The fourth-order valence-electron chi connectivity index (χ4n) is 5.82. The Bertz CT molecular complexity index is 1450. The van der Waals surface area contributed by atoms with Crippen LogP contribution < -0.4 is 14.5 Å². The Morgan fingerprint density at radius 3 is 2.46 bits per heavy atom. The molecule has 0 spiro atoms. The number of phenols is 1. The molecule has 0 radical (unpaired) electrons. The highest BCUT2D eigenvalue weighted by Crippen LogP contribution is 2.42. The number of nitrogens with zero attached hydrogens (tertiary/aromatic N) is 5. The third kappa shape index (κ3) is 4.23. The lowest BCUT2D eigenvalue weighted by atomic mass is 10.0. The summed E-state index contributed by atoms with van der Waals surface area (Å²) in [7, 11) is 1.57. The maximum Gasteiger partial charge on any atom is 0.183 e. The molecule has 2 aliphatic rings. The van der Waals surface area contributed by atoms with Gasteiger partial charge >= 0.3 is 0 Å². The SMILES string of the molecule is COc1cc2cccnc2c(N2CCN(C3CCN(c4ccc(F)c5cc(O)cnc45)CC3)CC2)c1O. The van der Waals surface area contributed by atoms with Gasteiger partial charge in [0, 0.05) is 62.3 Å². The molecule has 6 rings (SSSR count). The van der Waals surface area contributed by atoms with Crippen molar-refractivity contribution < 1.29 is 19.3 Å². The Labute approximate surface area is 214 Å². The van der Waals surface area contributed by atoms with Crippen LogP contribution in [0.2, 0.25) is 0 Å². The van der Waals surface area contributed by atoms with Crippen molar-refractivity contribution in [1.82, 2.24) is 14.9 Å². The van der Waals surface area contributed by atoms with Gasteiger partial charge in [-0.25, -0.2) is 4.39 Å². The van der Waals surface area contributed by atoms with Crippen molar-refractivity contribution in [2.45, 2.75) is 18.9 Å². The van der Waals surface area contributed by atoms with Gasteiger partial charge in [0.15, 0.2) is 11.5 Å². The molecule has 0 aliphatic carbocycles. The summed E-state index contributed by atoms with van der Waals surface area (Å²) in [5, 5.41) is 22.0. The second kappa shape index (κ2) is 9.55. The number of piperazine rings is 1. The number of piperidine rings is 1. The highest BCUT2D eigenvalue weighted by Gasteiger charge is 2.30. The second-order valence-electron chi connectivity index (χ2n) is 9.75. The Balaban J connectivity index is 1.14. The summed E-state index contributed by atoms with van der Waals surface area (Å²) in [6.07, 6.45) is 5.14. The first-order valence-corrected chi connectivity index (χ1v) is 12.7. The van der Waals surface area contributed by atoms with Crippen molar-refractivity contribution >= 4 is 33.2 Å². The van der Waals surface area contributed by atoms with E-state index in [1.807, 2.05) is 18.2 Å². The molecule has 0 saturated carbocycles. The van der Waals surface area contributed by atoms with Crippen LogP contribution in [-0.4, -0.2) is 77.5 Å². The van der Waals surface area contributed by atoms with Gasteiger partial charge in [-0.3, -0.25) is 14.9 Å². The topological polar surface area (TPSA) is 85.2 Å². The number of rotatable bonds is 4. The zero-order chi connectivity index (χ0) is 25.5. The predicted octanol–water partition coefficient (Wildman–Crippen LogP) is 4.13. The second-order valence-corrected chi connectivity index (χ2v) is 9.75. The number of phenolic OH excluding ortho intramolecular Hbond substituents is 1. The van der Waals surface area contributed by atoms with Crippen LogP contribution in [0.25, 0.3) is 21.8 Å². The molecule has 2 fully saturated rings. The van der Waals surface area contributed by atoms with Gasteiger partial charge in [-0.1, -0.05) is 6.07 Å². The zero-order valence-corrected chi connectivity index (χ0v) is 20.8.